The molecule has 0 atom stereocenters. The van der Waals surface area contributed by atoms with Crippen molar-refractivity contribution < 1.29 is 0 Å². The fraction of sp³-hybridized carbons (Fsp3) is 0.0857. The minimum atomic E-state index is 1.20. The van der Waals surface area contributed by atoms with E-state index in [9.17, 15) is 0 Å². The second kappa shape index (κ2) is 10.5. The Balaban J connectivity index is 0.000000430. The molecule has 1 nitrogen and oxygen atoms in total. The molecule has 0 saturated carbocycles. The zero-order valence-electron chi connectivity index (χ0n) is 21.6. The van der Waals surface area contributed by atoms with E-state index in [2.05, 4.69) is 116 Å². The lowest BCUT2D eigenvalue weighted by atomic mass is 9.94. The SMILES string of the molecule is C/C=C/c1cc2[nH]c3ccccc3c2c2sc3c4ccccc4c4ccccc4c3c12.C=CC=C.CC. The Kier molecular flexibility index (Phi) is 6.94. The smallest absolute Gasteiger partial charge is 0.0485 e. The lowest BCUT2D eigenvalue weighted by Crippen LogP contribution is -1.82. The van der Waals surface area contributed by atoms with Crippen molar-refractivity contribution in [3.63, 3.8) is 0 Å². The van der Waals surface area contributed by atoms with Crippen molar-refractivity contribution in [2.24, 2.45) is 0 Å². The molecular weight excluding hydrogens is 466 g/mol. The molecule has 0 fully saturated rings. The van der Waals surface area contributed by atoms with Gasteiger partial charge in [0.25, 0.3) is 0 Å². The van der Waals surface area contributed by atoms with Gasteiger partial charge >= 0.3 is 0 Å². The summed E-state index contributed by atoms with van der Waals surface area (Å²) in [6.45, 7) is 12.8. The van der Waals surface area contributed by atoms with Gasteiger partial charge in [0.1, 0.15) is 0 Å². The summed E-state index contributed by atoms with van der Waals surface area (Å²) in [5.74, 6) is 0. The highest BCUT2D eigenvalue weighted by Gasteiger charge is 2.19. The third kappa shape index (κ3) is 3.94. The second-order valence-corrected chi connectivity index (χ2v) is 9.65. The molecule has 2 heterocycles. The highest BCUT2D eigenvalue weighted by molar-refractivity contribution is 7.28. The molecular formula is C35H31NS. The molecule has 2 aromatic heterocycles. The van der Waals surface area contributed by atoms with Crippen molar-refractivity contribution in [2.75, 3.05) is 0 Å². The topological polar surface area (TPSA) is 15.8 Å². The number of hydrogen-bond acceptors (Lipinski definition) is 1. The average molecular weight is 498 g/mol. The minimum absolute atomic E-state index is 1.20. The third-order valence-corrected chi connectivity index (χ3v) is 7.87. The van der Waals surface area contributed by atoms with Gasteiger partial charge < -0.3 is 4.98 Å². The van der Waals surface area contributed by atoms with E-state index < -0.39 is 0 Å². The number of hydrogen-bond donors (Lipinski definition) is 1. The second-order valence-electron chi connectivity index (χ2n) is 8.63. The largest absolute Gasteiger partial charge is 0.354 e. The van der Waals surface area contributed by atoms with Gasteiger partial charge in [0.05, 0.1) is 0 Å². The molecule has 0 aliphatic rings. The monoisotopic (exact) mass is 497 g/mol. The summed E-state index contributed by atoms with van der Waals surface area (Å²) < 4.78 is 2.76. The van der Waals surface area contributed by atoms with Crippen LogP contribution in [-0.2, 0) is 0 Å². The standard InChI is InChI=1S/C29H19NS.C4H6.C2H6/c1-2-9-17-16-24-26(22-14-7-8-15-23(22)30-24)29-25(17)27-20-12-5-3-10-18(20)19-11-4-6-13-21(19)28(27)31-29;1-3-4-2;1-2/h2-16,30H,1H3;3-4H,1-2H2;1-2H3/b9-2+;;. The maximum absolute atomic E-state index is 3.66. The molecule has 182 valence electrons. The Morgan fingerprint density at radius 2 is 1.19 bits per heavy atom. The number of benzene rings is 5. The van der Waals surface area contributed by atoms with Crippen LogP contribution in [-0.4, -0.2) is 4.98 Å². The van der Waals surface area contributed by atoms with Crippen LogP contribution in [0, 0.1) is 0 Å². The van der Waals surface area contributed by atoms with Crippen LogP contribution in [0.15, 0.2) is 110 Å². The normalized spacial score (nSPS) is 11.2. The predicted molar refractivity (Wildman–Crippen MR) is 170 cm³/mol. The zero-order valence-corrected chi connectivity index (χ0v) is 22.5. The number of aromatic nitrogens is 1. The number of aromatic amines is 1. The molecule has 0 aliphatic carbocycles. The van der Waals surface area contributed by atoms with Crippen molar-refractivity contribution >= 4 is 80.9 Å². The Bertz CT molecular complexity index is 1940. The minimum Gasteiger partial charge on any atom is -0.354 e. The lowest BCUT2D eigenvalue weighted by Gasteiger charge is -2.08. The Labute approximate surface area is 222 Å². The van der Waals surface area contributed by atoms with Crippen LogP contribution in [0.4, 0.5) is 0 Å². The van der Waals surface area contributed by atoms with Crippen LogP contribution in [0.2, 0.25) is 0 Å². The van der Waals surface area contributed by atoms with Crippen LogP contribution in [0.5, 0.6) is 0 Å². The first-order valence-electron chi connectivity index (χ1n) is 12.8. The molecule has 7 rings (SSSR count). The highest BCUT2D eigenvalue weighted by Crippen LogP contribution is 2.48. The third-order valence-electron chi connectivity index (χ3n) is 6.63. The van der Waals surface area contributed by atoms with Crippen LogP contribution >= 0.6 is 11.3 Å². The molecule has 0 aliphatic heterocycles. The number of H-pyrrole nitrogens is 1. The molecule has 37 heavy (non-hydrogen) atoms. The fourth-order valence-corrected chi connectivity index (χ4v) is 6.69. The number of thiophene rings is 1. The van der Waals surface area contributed by atoms with Gasteiger partial charge in [-0.15, -0.1) is 11.3 Å². The van der Waals surface area contributed by atoms with E-state index in [0.717, 1.165) is 0 Å². The summed E-state index contributed by atoms with van der Waals surface area (Å²) in [6.07, 6.45) is 7.68. The molecule has 0 radical (unpaired) electrons. The fourth-order valence-electron chi connectivity index (χ4n) is 5.24. The van der Waals surface area contributed by atoms with Gasteiger partial charge in [0.15, 0.2) is 0 Å². The van der Waals surface area contributed by atoms with E-state index in [-0.39, 0.29) is 0 Å². The molecule has 1 N–H and O–H groups in total. The molecule has 2 heteroatoms. The molecule has 5 aromatic carbocycles. The number of fused-ring (bicyclic) bond motifs is 12. The van der Waals surface area contributed by atoms with E-state index >= 15 is 0 Å². The van der Waals surface area contributed by atoms with Crippen molar-refractivity contribution in [3.8, 4) is 0 Å². The van der Waals surface area contributed by atoms with E-state index in [4.69, 9.17) is 0 Å². The van der Waals surface area contributed by atoms with Crippen LogP contribution in [0.3, 0.4) is 0 Å². The van der Waals surface area contributed by atoms with Crippen molar-refractivity contribution in [1.29, 1.82) is 0 Å². The molecule has 0 bridgehead atoms. The zero-order chi connectivity index (χ0) is 25.9. The van der Waals surface area contributed by atoms with Gasteiger partial charge in [-0.1, -0.05) is 118 Å². The molecule has 0 spiro atoms. The first kappa shape index (κ1) is 24.5. The van der Waals surface area contributed by atoms with Gasteiger partial charge in [0, 0.05) is 47.4 Å². The van der Waals surface area contributed by atoms with Gasteiger partial charge in [-0.05, 0) is 40.8 Å². The maximum Gasteiger partial charge on any atom is 0.0485 e. The first-order valence-corrected chi connectivity index (χ1v) is 13.6. The predicted octanol–water partition coefficient (Wildman–Crippen LogP) is 11.4. The summed E-state index contributed by atoms with van der Waals surface area (Å²) in [7, 11) is 0. The van der Waals surface area contributed by atoms with Crippen LogP contribution < -0.4 is 0 Å². The maximum atomic E-state index is 3.66. The molecule has 0 saturated heterocycles. The quantitative estimate of drug-likeness (QED) is 0.180. The summed E-state index contributed by atoms with van der Waals surface area (Å²) in [6, 6.07) is 28.7. The lowest BCUT2D eigenvalue weighted by molar-refractivity contribution is 1.50. The number of rotatable bonds is 2. The van der Waals surface area contributed by atoms with E-state index in [0.29, 0.717) is 0 Å². The number of para-hydroxylation sites is 1. The number of allylic oxidation sites excluding steroid dienone is 3. The van der Waals surface area contributed by atoms with Crippen LogP contribution in [0.25, 0.3) is 69.6 Å². The molecule has 7 aromatic rings. The van der Waals surface area contributed by atoms with Crippen molar-refractivity contribution in [3.05, 3.63) is 116 Å². The van der Waals surface area contributed by atoms with Gasteiger partial charge in [-0.2, -0.15) is 0 Å². The Morgan fingerprint density at radius 3 is 1.84 bits per heavy atom. The van der Waals surface area contributed by atoms with Gasteiger partial charge in [0.2, 0.25) is 0 Å². The summed E-state index contributed by atoms with van der Waals surface area (Å²) in [4.78, 5) is 3.66. The Hall–Kier alpha value is -4.14. The summed E-state index contributed by atoms with van der Waals surface area (Å²) in [5, 5.41) is 10.7. The van der Waals surface area contributed by atoms with E-state index in [1.165, 1.54) is 69.1 Å². The highest BCUT2D eigenvalue weighted by atomic mass is 32.1. The molecule has 0 amide bonds. The van der Waals surface area contributed by atoms with Crippen molar-refractivity contribution in [1.82, 2.24) is 4.98 Å². The first-order chi connectivity index (χ1) is 18.3. The van der Waals surface area contributed by atoms with Crippen LogP contribution in [0.1, 0.15) is 26.3 Å². The summed E-state index contributed by atoms with van der Waals surface area (Å²) >= 11 is 1.94. The Morgan fingerprint density at radius 1 is 0.622 bits per heavy atom. The summed E-state index contributed by atoms with van der Waals surface area (Å²) in [5.41, 5.74) is 3.69. The molecule has 0 unspecified atom stereocenters. The van der Waals surface area contributed by atoms with E-state index in [1.807, 2.05) is 25.2 Å². The average Bonchev–Trinajstić information content (AvgIpc) is 3.54. The van der Waals surface area contributed by atoms with Gasteiger partial charge in [-0.3, -0.25) is 0 Å². The van der Waals surface area contributed by atoms with Crippen molar-refractivity contribution in [2.45, 2.75) is 20.8 Å². The number of nitrogens with one attached hydrogen (secondary N) is 1. The van der Waals surface area contributed by atoms with E-state index in [1.54, 1.807) is 12.2 Å². The van der Waals surface area contributed by atoms with Gasteiger partial charge in [-0.25, -0.2) is 0 Å².